The van der Waals surface area contributed by atoms with Crippen molar-refractivity contribution in [2.75, 3.05) is 6.61 Å². The minimum absolute atomic E-state index is 0.0734. The van der Waals surface area contributed by atoms with Crippen molar-refractivity contribution < 1.29 is 23.8 Å². The van der Waals surface area contributed by atoms with Crippen LogP contribution >= 0.6 is 0 Å². The molecule has 1 aromatic carbocycles. The van der Waals surface area contributed by atoms with E-state index in [0.717, 1.165) is 24.6 Å². The lowest BCUT2D eigenvalue weighted by molar-refractivity contribution is -0.210. The van der Waals surface area contributed by atoms with Crippen LogP contribution in [-0.4, -0.2) is 29.4 Å². The fourth-order valence-electron chi connectivity index (χ4n) is 6.60. The zero-order chi connectivity index (χ0) is 23.3. The van der Waals surface area contributed by atoms with Crippen molar-refractivity contribution in [1.82, 2.24) is 0 Å². The van der Waals surface area contributed by atoms with E-state index in [1.54, 1.807) is 18.2 Å². The molecule has 1 N–H and O–H groups in total. The molecule has 6 heteroatoms. The zero-order valence-corrected chi connectivity index (χ0v) is 19.6. The lowest BCUT2D eigenvalue weighted by atomic mass is 9.45. The Kier molecular flexibility index (Phi) is 5.64. The van der Waals surface area contributed by atoms with Gasteiger partial charge in [0, 0.05) is 29.7 Å². The molecule has 0 amide bonds. The molecule has 2 aliphatic rings. The molecule has 1 aromatic heterocycles. The lowest BCUT2D eigenvalue weighted by Crippen LogP contribution is -2.62. The van der Waals surface area contributed by atoms with Gasteiger partial charge in [-0.15, -0.1) is 0 Å². The van der Waals surface area contributed by atoms with Crippen LogP contribution in [0.1, 0.15) is 60.3 Å². The van der Waals surface area contributed by atoms with E-state index in [-0.39, 0.29) is 34.4 Å². The second-order valence-electron chi connectivity index (χ2n) is 10.7. The van der Waals surface area contributed by atoms with Crippen LogP contribution in [-0.2, 0) is 9.53 Å². The van der Waals surface area contributed by atoms with Gasteiger partial charge in [-0.05, 0) is 68.2 Å². The standard InChI is InChI=1S/C26H34O6/c1-16(27)31-22-11-12-25(4)20(24(22,2)3)10-13-26(5,29)21(25)15-30-18-7-8-19-17(14-18)6-9-23(28)32-19/h6-9,14,20-22,29H,10-13,15H2,1-5H3/t20-,21+,22-,25+,26-/m1/s1. The maximum Gasteiger partial charge on any atom is 0.336 e. The molecular formula is C26H34O6. The summed E-state index contributed by atoms with van der Waals surface area (Å²) in [6, 6.07) is 8.51. The quantitative estimate of drug-likeness (QED) is 0.545. The van der Waals surface area contributed by atoms with E-state index < -0.39 is 5.60 Å². The van der Waals surface area contributed by atoms with Gasteiger partial charge in [-0.2, -0.15) is 0 Å². The number of carbonyl (C=O) groups is 1. The van der Waals surface area contributed by atoms with Gasteiger partial charge in [0.25, 0.3) is 0 Å². The van der Waals surface area contributed by atoms with Gasteiger partial charge in [0.15, 0.2) is 0 Å². The highest BCUT2D eigenvalue weighted by Crippen LogP contribution is 2.62. The van der Waals surface area contributed by atoms with E-state index in [4.69, 9.17) is 13.9 Å². The Morgan fingerprint density at radius 2 is 1.88 bits per heavy atom. The van der Waals surface area contributed by atoms with Gasteiger partial charge < -0.3 is 19.0 Å². The van der Waals surface area contributed by atoms with Crippen molar-refractivity contribution in [3.05, 3.63) is 40.8 Å². The molecule has 0 saturated heterocycles. The molecule has 4 rings (SSSR count). The average Bonchev–Trinajstić information content (AvgIpc) is 2.69. The van der Waals surface area contributed by atoms with Crippen LogP contribution in [0.2, 0.25) is 0 Å². The summed E-state index contributed by atoms with van der Waals surface area (Å²) in [6.07, 6.45) is 3.10. The number of benzene rings is 1. The van der Waals surface area contributed by atoms with Gasteiger partial charge in [0.1, 0.15) is 17.4 Å². The topological polar surface area (TPSA) is 86.0 Å². The number of hydrogen-bond donors (Lipinski definition) is 1. The fraction of sp³-hybridized carbons (Fsp3) is 0.615. The van der Waals surface area contributed by atoms with E-state index in [1.807, 2.05) is 13.0 Å². The molecule has 1 heterocycles. The summed E-state index contributed by atoms with van der Waals surface area (Å²) < 4.78 is 17.1. The van der Waals surface area contributed by atoms with Crippen LogP contribution < -0.4 is 10.4 Å². The second-order valence-corrected chi connectivity index (χ2v) is 10.7. The third kappa shape index (κ3) is 3.94. The van der Waals surface area contributed by atoms with Crippen LogP contribution in [0.4, 0.5) is 0 Å². The normalized spacial score (nSPS) is 34.0. The number of aliphatic hydroxyl groups is 1. The number of esters is 1. The molecule has 2 aromatic rings. The molecule has 174 valence electrons. The van der Waals surface area contributed by atoms with Crippen molar-refractivity contribution in [3.8, 4) is 5.75 Å². The first-order chi connectivity index (χ1) is 14.9. The molecule has 0 unspecified atom stereocenters. The van der Waals surface area contributed by atoms with Crippen LogP contribution in [0.15, 0.2) is 39.5 Å². The summed E-state index contributed by atoms with van der Waals surface area (Å²) >= 11 is 0. The average molecular weight is 443 g/mol. The Hall–Kier alpha value is -2.34. The predicted molar refractivity (Wildman–Crippen MR) is 121 cm³/mol. The largest absolute Gasteiger partial charge is 0.493 e. The first-order valence-electron chi connectivity index (χ1n) is 11.5. The van der Waals surface area contributed by atoms with Crippen molar-refractivity contribution in [2.24, 2.45) is 22.7 Å². The number of rotatable bonds is 4. The molecule has 5 atom stereocenters. The van der Waals surface area contributed by atoms with Gasteiger partial charge in [0.05, 0.1) is 12.2 Å². The van der Waals surface area contributed by atoms with Crippen LogP contribution in [0.5, 0.6) is 5.75 Å². The Balaban J connectivity index is 1.59. The molecular weight excluding hydrogens is 408 g/mol. The Bertz CT molecular complexity index is 1070. The molecule has 0 spiro atoms. The number of fused-ring (bicyclic) bond motifs is 2. The summed E-state index contributed by atoms with van der Waals surface area (Å²) in [5, 5.41) is 12.2. The van der Waals surface area contributed by atoms with Crippen LogP contribution in [0.3, 0.4) is 0 Å². The van der Waals surface area contributed by atoms with Gasteiger partial charge in [-0.1, -0.05) is 20.8 Å². The number of hydrogen-bond acceptors (Lipinski definition) is 6. The minimum Gasteiger partial charge on any atom is -0.493 e. The Labute approximate surface area is 188 Å². The first kappa shape index (κ1) is 22.8. The third-order valence-electron chi connectivity index (χ3n) is 8.27. The summed E-state index contributed by atoms with van der Waals surface area (Å²) in [7, 11) is 0. The smallest absolute Gasteiger partial charge is 0.336 e. The first-order valence-corrected chi connectivity index (χ1v) is 11.5. The monoisotopic (exact) mass is 442 g/mol. The highest BCUT2D eigenvalue weighted by atomic mass is 16.5. The second kappa shape index (κ2) is 7.91. The van der Waals surface area contributed by atoms with Gasteiger partial charge >= 0.3 is 11.6 Å². The maximum absolute atomic E-state index is 11.7. The molecule has 6 nitrogen and oxygen atoms in total. The fourth-order valence-corrected chi connectivity index (χ4v) is 6.60. The maximum atomic E-state index is 11.7. The van der Waals surface area contributed by atoms with Crippen LogP contribution in [0, 0.1) is 22.7 Å². The van der Waals surface area contributed by atoms with Gasteiger partial charge in [-0.3, -0.25) is 4.79 Å². The molecule has 0 aliphatic heterocycles. The van der Waals surface area contributed by atoms with Crippen molar-refractivity contribution in [2.45, 2.75) is 72.0 Å². The third-order valence-corrected chi connectivity index (χ3v) is 8.27. The van der Waals surface area contributed by atoms with E-state index >= 15 is 0 Å². The van der Waals surface area contributed by atoms with E-state index in [0.29, 0.717) is 30.3 Å². The van der Waals surface area contributed by atoms with Crippen molar-refractivity contribution in [1.29, 1.82) is 0 Å². The van der Waals surface area contributed by atoms with Gasteiger partial charge in [-0.25, -0.2) is 4.79 Å². The Morgan fingerprint density at radius 1 is 1.12 bits per heavy atom. The summed E-state index contributed by atoms with van der Waals surface area (Å²) in [5.74, 6) is 0.672. The minimum atomic E-state index is -0.848. The summed E-state index contributed by atoms with van der Waals surface area (Å²) in [6.45, 7) is 10.4. The molecule has 2 saturated carbocycles. The van der Waals surface area contributed by atoms with Crippen molar-refractivity contribution in [3.63, 3.8) is 0 Å². The van der Waals surface area contributed by atoms with Crippen LogP contribution in [0.25, 0.3) is 11.0 Å². The molecule has 2 aliphatic carbocycles. The predicted octanol–water partition coefficient (Wildman–Crippen LogP) is 4.71. The van der Waals surface area contributed by atoms with Crippen molar-refractivity contribution >= 4 is 16.9 Å². The SMILES string of the molecule is CC(=O)O[C@@H]1CC[C@@]2(C)[C@H](CC[C@@](C)(O)[C@H]2COc2ccc3oc(=O)ccc3c2)C1(C)C. The number of ether oxygens (including phenoxy) is 2. The zero-order valence-electron chi connectivity index (χ0n) is 19.6. The van der Waals surface area contributed by atoms with E-state index in [2.05, 4.69) is 20.8 Å². The molecule has 0 bridgehead atoms. The lowest BCUT2D eigenvalue weighted by Gasteiger charge is -2.62. The molecule has 2 fully saturated rings. The Morgan fingerprint density at radius 3 is 2.59 bits per heavy atom. The summed E-state index contributed by atoms with van der Waals surface area (Å²) in [4.78, 5) is 23.1. The molecule has 32 heavy (non-hydrogen) atoms. The van der Waals surface area contributed by atoms with E-state index in [1.165, 1.54) is 13.0 Å². The van der Waals surface area contributed by atoms with Gasteiger partial charge in [0.2, 0.25) is 0 Å². The number of carbonyl (C=O) groups excluding carboxylic acids is 1. The highest BCUT2D eigenvalue weighted by Gasteiger charge is 2.61. The molecule has 0 radical (unpaired) electrons. The highest BCUT2D eigenvalue weighted by molar-refractivity contribution is 5.77. The summed E-state index contributed by atoms with van der Waals surface area (Å²) in [5.41, 5.74) is -1.04. The van der Waals surface area contributed by atoms with E-state index in [9.17, 15) is 14.7 Å².